The SMILES string of the molecule is C=CCCCC1(CC(=O)OCC)CCCCC1. The van der Waals surface area contributed by atoms with Gasteiger partial charge in [-0.05, 0) is 44.4 Å². The molecule has 0 aromatic carbocycles. The number of unbranched alkanes of at least 4 members (excludes halogenated alkanes) is 1. The molecule has 0 atom stereocenters. The largest absolute Gasteiger partial charge is 0.466 e. The molecule has 0 saturated heterocycles. The van der Waals surface area contributed by atoms with E-state index in [4.69, 9.17) is 4.74 Å². The number of allylic oxidation sites excluding steroid dienone is 1. The molecule has 0 amide bonds. The summed E-state index contributed by atoms with van der Waals surface area (Å²) in [5.41, 5.74) is 0.230. The molecule has 0 radical (unpaired) electrons. The molecule has 0 aromatic rings. The van der Waals surface area contributed by atoms with Crippen molar-refractivity contribution in [2.75, 3.05) is 6.61 Å². The quantitative estimate of drug-likeness (QED) is 0.376. The van der Waals surface area contributed by atoms with E-state index in [-0.39, 0.29) is 11.4 Å². The van der Waals surface area contributed by atoms with E-state index >= 15 is 0 Å². The van der Waals surface area contributed by atoms with Crippen LogP contribution < -0.4 is 0 Å². The van der Waals surface area contributed by atoms with Crippen LogP contribution in [-0.4, -0.2) is 12.6 Å². The van der Waals surface area contributed by atoms with Gasteiger partial charge in [0.2, 0.25) is 0 Å². The van der Waals surface area contributed by atoms with Crippen molar-refractivity contribution in [1.82, 2.24) is 0 Å². The molecule has 0 aliphatic heterocycles. The van der Waals surface area contributed by atoms with Crippen molar-refractivity contribution in [2.24, 2.45) is 5.41 Å². The van der Waals surface area contributed by atoms with Crippen molar-refractivity contribution in [3.8, 4) is 0 Å². The van der Waals surface area contributed by atoms with Crippen molar-refractivity contribution in [2.45, 2.75) is 64.7 Å². The van der Waals surface area contributed by atoms with Crippen LogP contribution in [0.15, 0.2) is 12.7 Å². The van der Waals surface area contributed by atoms with Gasteiger partial charge in [0.25, 0.3) is 0 Å². The Morgan fingerprint density at radius 3 is 2.65 bits per heavy atom. The lowest BCUT2D eigenvalue weighted by Gasteiger charge is -2.36. The highest BCUT2D eigenvalue weighted by molar-refractivity contribution is 5.70. The van der Waals surface area contributed by atoms with Crippen LogP contribution in [0.5, 0.6) is 0 Å². The summed E-state index contributed by atoms with van der Waals surface area (Å²) >= 11 is 0. The van der Waals surface area contributed by atoms with Crippen LogP contribution in [0.4, 0.5) is 0 Å². The average Bonchev–Trinajstić information content (AvgIpc) is 2.30. The highest BCUT2D eigenvalue weighted by atomic mass is 16.5. The molecule has 17 heavy (non-hydrogen) atoms. The predicted octanol–water partition coefficient (Wildman–Crippen LogP) is 4.25. The normalized spacial score (nSPS) is 18.6. The number of hydrogen-bond acceptors (Lipinski definition) is 2. The maximum Gasteiger partial charge on any atom is 0.306 e. The average molecular weight is 238 g/mol. The first-order chi connectivity index (χ1) is 8.22. The molecule has 2 nitrogen and oxygen atoms in total. The van der Waals surface area contributed by atoms with Crippen LogP contribution in [0, 0.1) is 5.41 Å². The number of rotatable bonds is 7. The van der Waals surface area contributed by atoms with E-state index in [2.05, 4.69) is 6.58 Å². The second kappa shape index (κ2) is 7.52. The molecule has 0 heterocycles. The van der Waals surface area contributed by atoms with Gasteiger partial charge in [-0.1, -0.05) is 25.3 Å². The zero-order chi connectivity index (χ0) is 12.6. The molecule has 0 N–H and O–H groups in total. The van der Waals surface area contributed by atoms with Crippen LogP contribution in [0.1, 0.15) is 64.7 Å². The van der Waals surface area contributed by atoms with E-state index in [0.29, 0.717) is 13.0 Å². The summed E-state index contributed by atoms with van der Waals surface area (Å²) in [6.45, 7) is 6.14. The first-order valence-electron chi connectivity index (χ1n) is 6.99. The summed E-state index contributed by atoms with van der Waals surface area (Å²) in [4.78, 5) is 11.7. The summed E-state index contributed by atoms with van der Waals surface area (Å²) < 4.78 is 5.12. The predicted molar refractivity (Wildman–Crippen MR) is 70.8 cm³/mol. The van der Waals surface area contributed by atoms with E-state index < -0.39 is 0 Å². The molecule has 1 saturated carbocycles. The number of esters is 1. The number of ether oxygens (including phenoxy) is 1. The Kier molecular flexibility index (Phi) is 6.31. The molecule has 2 heteroatoms. The van der Waals surface area contributed by atoms with Gasteiger partial charge in [-0.15, -0.1) is 6.58 Å². The third-order valence-electron chi connectivity index (χ3n) is 3.85. The Morgan fingerprint density at radius 2 is 2.06 bits per heavy atom. The van der Waals surface area contributed by atoms with Crippen LogP contribution in [-0.2, 0) is 9.53 Å². The monoisotopic (exact) mass is 238 g/mol. The zero-order valence-corrected chi connectivity index (χ0v) is 11.2. The lowest BCUT2D eigenvalue weighted by atomic mass is 9.69. The second-order valence-corrected chi connectivity index (χ2v) is 5.22. The van der Waals surface area contributed by atoms with Crippen LogP contribution >= 0.6 is 0 Å². The van der Waals surface area contributed by atoms with Gasteiger partial charge in [0.1, 0.15) is 0 Å². The zero-order valence-electron chi connectivity index (χ0n) is 11.2. The molecule has 1 aliphatic rings. The summed E-state index contributed by atoms with van der Waals surface area (Å²) in [5, 5.41) is 0. The fraction of sp³-hybridized carbons (Fsp3) is 0.800. The van der Waals surface area contributed by atoms with E-state index in [9.17, 15) is 4.79 Å². The van der Waals surface area contributed by atoms with E-state index in [1.807, 2.05) is 13.0 Å². The first kappa shape index (κ1) is 14.3. The Bertz CT molecular complexity index is 239. The van der Waals surface area contributed by atoms with Crippen LogP contribution in [0.3, 0.4) is 0 Å². The Hall–Kier alpha value is -0.790. The molecular formula is C15H26O2. The third-order valence-corrected chi connectivity index (χ3v) is 3.85. The molecular weight excluding hydrogens is 212 g/mol. The third kappa shape index (κ3) is 4.93. The van der Waals surface area contributed by atoms with Gasteiger partial charge in [0.15, 0.2) is 0 Å². The van der Waals surface area contributed by atoms with Crippen molar-refractivity contribution in [3.05, 3.63) is 12.7 Å². The van der Waals surface area contributed by atoms with E-state index in [1.165, 1.54) is 32.1 Å². The minimum absolute atomic E-state index is 0.00648. The highest BCUT2D eigenvalue weighted by Gasteiger charge is 2.34. The van der Waals surface area contributed by atoms with Gasteiger partial charge in [0, 0.05) is 0 Å². The Labute approximate surface area is 105 Å². The minimum atomic E-state index is -0.00648. The molecule has 0 spiro atoms. The summed E-state index contributed by atoms with van der Waals surface area (Å²) in [7, 11) is 0. The lowest BCUT2D eigenvalue weighted by Crippen LogP contribution is -2.28. The Morgan fingerprint density at radius 1 is 1.35 bits per heavy atom. The van der Waals surface area contributed by atoms with Gasteiger partial charge in [-0.2, -0.15) is 0 Å². The molecule has 1 aliphatic carbocycles. The smallest absolute Gasteiger partial charge is 0.306 e. The topological polar surface area (TPSA) is 26.3 Å². The van der Waals surface area contributed by atoms with Gasteiger partial charge >= 0.3 is 5.97 Å². The minimum Gasteiger partial charge on any atom is -0.466 e. The lowest BCUT2D eigenvalue weighted by molar-refractivity contribution is -0.146. The summed E-state index contributed by atoms with van der Waals surface area (Å²) in [6.07, 6.45) is 12.2. The molecule has 0 unspecified atom stereocenters. The summed E-state index contributed by atoms with van der Waals surface area (Å²) in [5.74, 6) is -0.00648. The molecule has 1 fully saturated rings. The van der Waals surface area contributed by atoms with E-state index in [0.717, 1.165) is 19.3 Å². The fourth-order valence-corrected chi connectivity index (χ4v) is 2.96. The maximum atomic E-state index is 11.7. The Balaban J connectivity index is 2.51. The second-order valence-electron chi connectivity index (χ2n) is 5.22. The number of carbonyl (C=O) groups excluding carboxylic acids is 1. The number of hydrogen-bond donors (Lipinski definition) is 0. The maximum absolute atomic E-state index is 11.7. The fourth-order valence-electron chi connectivity index (χ4n) is 2.96. The van der Waals surface area contributed by atoms with Crippen molar-refractivity contribution in [3.63, 3.8) is 0 Å². The highest BCUT2D eigenvalue weighted by Crippen LogP contribution is 2.43. The molecule has 0 aromatic heterocycles. The van der Waals surface area contributed by atoms with E-state index in [1.54, 1.807) is 0 Å². The van der Waals surface area contributed by atoms with Crippen molar-refractivity contribution in [1.29, 1.82) is 0 Å². The first-order valence-corrected chi connectivity index (χ1v) is 6.99. The van der Waals surface area contributed by atoms with Crippen molar-refractivity contribution < 1.29 is 9.53 Å². The van der Waals surface area contributed by atoms with Gasteiger partial charge in [-0.25, -0.2) is 0 Å². The molecule has 1 rings (SSSR count). The standard InChI is InChI=1S/C15H26O2/c1-3-5-7-10-15(11-8-6-9-12-15)13-14(16)17-4-2/h3H,1,4-13H2,2H3. The van der Waals surface area contributed by atoms with Gasteiger partial charge < -0.3 is 4.74 Å². The van der Waals surface area contributed by atoms with Gasteiger partial charge in [0.05, 0.1) is 13.0 Å². The van der Waals surface area contributed by atoms with Gasteiger partial charge in [-0.3, -0.25) is 4.79 Å². The number of carbonyl (C=O) groups is 1. The molecule has 0 bridgehead atoms. The van der Waals surface area contributed by atoms with Crippen LogP contribution in [0.2, 0.25) is 0 Å². The molecule has 98 valence electrons. The van der Waals surface area contributed by atoms with Crippen molar-refractivity contribution >= 4 is 5.97 Å². The summed E-state index contributed by atoms with van der Waals surface area (Å²) in [6, 6.07) is 0. The van der Waals surface area contributed by atoms with Crippen LogP contribution in [0.25, 0.3) is 0 Å².